The minimum atomic E-state index is -0.948. The maximum atomic E-state index is 11.2. The molecule has 0 saturated heterocycles. The van der Waals surface area contributed by atoms with E-state index in [0.29, 0.717) is 12.2 Å². The van der Waals surface area contributed by atoms with Crippen molar-refractivity contribution in [3.63, 3.8) is 0 Å². The van der Waals surface area contributed by atoms with Crippen LogP contribution in [0.25, 0.3) is 0 Å². The number of aromatic carboxylic acids is 1. The van der Waals surface area contributed by atoms with Gasteiger partial charge in [0.1, 0.15) is 0 Å². The molecule has 2 N–H and O–H groups in total. The van der Waals surface area contributed by atoms with Crippen molar-refractivity contribution in [2.45, 2.75) is 6.54 Å². The molecule has 0 atom stereocenters. The van der Waals surface area contributed by atoms with Gasteiger partial charge in [0.15, 0.2) is 0 Å². The second kappa shape index (κ2) is 6.21. The Labute approximate surface area is 127 Å². The van der Waals surface area contributed by atoms with Crippen LogP contribution in [0.15, 0.2) is 51.4 Å². The fourth-order valence-electron chi connectivity index (χ4n) is 1.68. The van der Waals surface area contributed by atoms with Gasteiger partial charge in [0.25, 0.3) is 0 Å². The van der Waals surface area contributed by atoms with Crippen molar-refractivity contribution in [1.82, 2.24) is 0 Å². The van der Waals surface area contributed by atoms with Crippen LogP contribution in [0.3, 0.4) is 0 Å². The Morgan fingerprint density at radius 1 is 1.16 bits per heavy atom. The molecule has 0 aliphatic heterocycles. The summed E-state index contributed by atoms with van der Waals surface area (Å²) in [6, 6.07) is 13.0. The van der Waals surface area contributed by atoms with Crippen LogP contribution in [0.1, 0.15) is 15.9 Å². The smallest absolute Gasteiger partial charge is 0.337 e. The number of benzene rings is 2. The highest BCUT2D eigenvalue weighted by molar-refractivity contribution is 9.10. The number of hydrogen-bond donors (Lipinski definition) is 2. The Morgan fingerprint density at radius 3 is 2.58 bits per heavy atom. The lowest BCUT2D eigenvalue weighted by molar-refractivity contribution is 0.0698. The van der Waals surface area contributed by atoms with Gasteiger partial charge in [-0.2, -0.15) is 0 Å². The number of carbonyl (C=O) groups is 1. The lowest BCUT2D eigenvalue weighted by atomic mass is 10.1. The Balaban J connectivity index is 2.20. The molecule has 98 valence electrons. The maximum Gasteiger partial charge on any atom is 0.337 e. The number of hydrogen-bond acceptors (Lipinski definition) is 2. The Hall–Kier alpha value is -1.33. The summed E-state index contributed by atoms with van der Waals surface area (Å²) < 4.78 is 1.74. The summed E-state index contributed by atoms with van der Waals surface area (Å²) in [7, 11) is 0. The Bertz CT molecular complexity index is 614. The number of halogens is 2. The Morgan fingerprint density at radius 2 is 1.89 bits per heavy atom. The average molecular weight is 385 g/mol. The molecule has 5 heteroatoms. The zero-order valence-corrected chi connectivity index (χ0v) is 13.0. The standard InChI is InChI=1S/C14H11Br2NO2/c15-10-5-6-13(11(7-10)14(18)19)17-8-9-3-1-2-4-12(9)16/h1-7,17H,8H2,(H,18,19). The van der Waals surface area contributed by atoms with E-state index < -0.39 is 5.97 Å². The van der Waals surface area contributed by atoms with Crippen molar-refractivity contribution >= 4 is 43.5 Å². The molecule has 2 aromatic rings. The highest BCUT2D eigenvalue weighted by atomic mass is 79.9. The lowest BCUT2D eigenvalue weighted by Gasteiger charge is -2.11. The summed E-state index contributed by atoms with van der Waals surface area (Å²) in [6.45, 7) is 0.559. The van der Waals surface area contributed by atoms with Crippen LogP contribution >= 0.6 is 31.9 Å². The number of nitrogens with one attached hydrogen (secondary N) is 1. The molecule has 0 bridgehead atoms. The first-order chi connectivity index (χ1) is 9.08. The lowest BCUT2D eigenvalue weighted by Crippen LogP contribution is -2.06. The van der Waals surface area contributed by atoms with Crippen molar-refractivity contribution < 1.29 is 9.90 Å². The molecular weight excluding hydrogens is 374 g/mol. The highest BCUT2D eigenvalue weighted by Gasteiger charge is 2.10. The number of rotatable bonds is 4. The molecule has 0 heterocycles. The largest absolute Gasteiger partial charge is 0.478 e. The maximum absolute atomic E-state index is 11.2. The second-order valence-electron chi connectivity index (χ2n) is 3.94. The molecule has 0 fully saturated rings. The normalized spacial score (nSPS) is 10.2. The van der Waals surface area contributed by atoms with Gasteiger partial charge < -0.3 is 10.4 Å². The third kappa shape index (κ3) is 3.58. The van der Waals surface area contributed by atoms with Gasteiger partial charge in [0.2, 0.25) is 0 Å². The predicted molar refractivity (Wildman–Crippen MR) is 82.6 cm³/mol. The summed E-state index contributed by atoms with van der Waals surface area (Å²) in [4.78, 5) is 11.2. The quantitative estimate of drug-likeness (QED) is 0.814. The van der Waals surface area contributed by atoms with Crippen LogP contribution in [-0.4, -0.2) is 11.1 Å². The molecule has 0 aromatic heterocycles. The molecule has 2 rings (SSSR count). The molecule has 0 aliphatic carbocycles. The van der Waals surface area contributed by atoms with Gasteiger partial charge in [-0.1, -0.05) is 50.1 Å². The third-order valence-electron chi connectivity index (χ3n) is 2.64. The highest BCUT2D eigenvalue weighted by Crippen LogP contribution is 2.23. The van der Waals surface area contributed by atoms with Crippen molar-refractivity contribution in [2.24, 2.45) is 0 Å². The van der Waals surface area contributed by atoms with E-state index in [0.717, 1.165) is 14.5 Å². The van der Waals surface area contributed by atoms with Gasteiger partial charge in [0.05, 0.1) is 5.56 Å². The molecule has 0 aliphatic rings. The van der Waals surface area contributed by atoms with Crippen molar-refractivity contribution in [3.05, 3.63) is 62.5 Å². The zero-order chi connectivity index (χ0) is 13.8. The monoisotopic (exact) mass is 383 g/mol. The van der Waals surface area contributed by atoms with E-state index in [4.69, 9.17) is 0 Å². The third-order valence-corrected chi connectivity index (χ3v) is 3.91. The van der Waals surface area contributed by atoms with E-state index in [9.17, 15) is 9.90 Å². The van der Waals surface area contributed by atoms with Crippen molar-refractivity contribution in [1.29, 1.82) is 0 Å². The molecule has 19 heavy (non-hydrogen) atoms. The first kappa shape index (κ1) is 14.1. The van der Waals surface area contributed by atoms with Gasteiger partial charge in [-0.15, -0.1) is 0 Å². The van der Waals surface area contributed by atoms with Gasteiger partial charge in [-0.3, -0.25) is 0 Å². The molecule has 0 unspecified atom stereocenters. The molecule has 0 radical (unpaired) electrons. The van der Waals surface area contributed by atoms with E-state index in [1.165, 1.54) is 0 Å². The van der Waals surface area contributed by atoms with Gasteiger partial charge >= 0.3 is 5.97 Å². The fourth-order valence-corrected chi connectivity index (χ4v) is 2.47. The van der Waals surface area contributed by atoms with E-state index in [1.807, 2.05) is 30.3 Å². The second-order valence-corrected chi connectivity index (χ2v) is 5.71. The van der Waals surface area contributed by atoms with Crippen molar-refractivity contribution in [3.8, 4) is 0 Å². The summed E-state index contributed by atoms with van der Waals surface area (Å²) in [5.41, 5.74) is 1.93. The molecule has 3 nitrogen and oxygen atoms in total. The van der Waals surface area contributed by atoms with Crippen LogP contribution in [0.5, 0.6) is 0 Å². The topological polar surface area (TPSA) is 49.3 Å². The van der Waals surface area contributed by atoms with E-state index in [2.05, 4.69) is 37.2 Å². The van der Waals surface area contributed by atoms with Crippen LogP contribution < -0.4 is 5.32 Å². The summed E-state index contributed by atoms with van der Waals surface area (Å²) in [5.74, 6) is -0.948. The average Bonchev–Trinajstić information content (AvgIpc) is 2.38. The number of carboxylic acids is 1. The van der Waals surface area contributed by atoms with Gasteiger partial charge in [0, 0.05) is 21.2 Å². The molecule has 2 aromatic carbocycles. The summed E-state index contributed by atoms with van der Waals surface area (Å²) >= 11 is 6.74. The number of carboxylic acid groups (broad SMARTS) is 1. The SMILES string of the molecule is O=C(O)c1cc(Br)ccc1NCc1ccccc1Br. The molecule has 0 saturated carbocycles. The van der Waals surface area contributed by atoms with Gasteiger partial charge in [-0.05, 0) is 29.8 Å². The van der Waals surface area contributed by atoms with Crippen LogP contribution in [-0.2, 0) is 6.54 Å². The first-order valence-electron chi connectivity index (χ1n) is 5.58. The van der Waals surface area contributed by atoms with E-state index >= 15 is 0 Å². The minimum absolute atomic E-state index is 0.251. The molecule has 0 amide bonds. The zero-order valence-electron chi connectivity index (χ0n) is 9.86. The number of anilines is 1. The van der Waals surface area contributed by atoms with Gasteiger partial charge in [-0.25, -0.2) is 4.79 Å². The summed E-state index contributed by atoms with van der Waals surface area (Å²) in [5, 5.41) is 12.3. The van der Waals surface area contributed by atoms with Crippen LogP contribution in [0, 0.1) is 0 Å². The Kier molecular flexibility index (Phi) is 4.61. The summed E-state index contributed by atoms with van der Waals surface area (Å²) in [6.07, 6.45) is 0. The van der Waals surface area contributed by atoms with Crippen LogP contribution in [0.2, 0.25) is 0 Å². The van der Waals surface area contributed by atoms with Crippen molar-refractivity contribution in [2.75, 3.05) is 5.32 Å². The molecular formula is C14H11Br2NO2. The first-order valence-corrected chi connectivity index (χ1v) is 7.16. The fraction of sp³-hybridized carbons (Fsp3) is 0.0714. The van der Waals surface area contributed by atoms with Crippen LogP contribution in [0.4, 0.5) is 5.69 Å². The molecule has 0 spiro atoms. The van der Waals surface area contributed by atoms with E-state index in [-0.39, 0.29) is 5.56 Å². The predicted octanol–water partition coefficient (Wildman–Crippen LogP) is 4.52. The minimum Gasteiger partial charge on any atom is -0.478 e. The van der Waals surface area contributed by atoms with E-state index in [1.54, 1.807) is 12.1 Å².